The number of para-hydroxylation sites is 1. The summed E-state index contributed by atoms with van der Waals surface area (Å²) in [6.07, 6.45) is 1.97. The second kappa shape index (κ2) is 12.5. The first-order valence-electron chi connectivity index (χ1n) is 11.4. The second-order valence-electron chi connectivity index (χ2n) is 8.31. The van der Waals surface area contributed by atoms with Crippen molar-refractivity contribution < 1.29 is 22.4 Å². The monoisotopic (exact) mass is 491 g/mol. The smallest absolute Gasteiger partial charge is 0.242 e. The number of halogens is 1. The van der Waals surface area contributed by atoms with Gasteiger partial charge < -0.3 is 10.2 Å². The minimum atomic E-state index is -3.75. The van der Waals surface area contributed by atoms with Crippen LogP contribution in [0.25, 0.3) is 0 Å². The lowest BCUT2D eigenvalue weighted by Crippen LogP contribution is -2.48. The fraction of sp³-hybridized carbons (Fsp3) is 0.440. The number of aryl methyl sites for hydroxylation is 1. The van der Waals surface area contributed by atoms with Gasteiger partial charge in [0.15, 0.2) is 0 Å². The van der Waals surface area contributed by atoms with Gasteiger partial charge in [0.05, 0.1) is 11.9 Å². The minimum Gasteiger partial charge on any atom is -0.354 e. The van der Waals surface area contributed by atoms with Crippen LogP contribution in [0.3, 0.4) is 0 Å². The molecule has 9 heteroatoms. The highest BCUT2D eigenvalue weighted by Crippen LogP contribution is 2.22. The number of sulfonamides is 1. The molecular weight excluding hydrogens is 457 g/mol. The van der Waals surface area contributed by atoms with Gasteiger partial charge in [-0.2, -0.15) is 0 Å². The summed E-state index contributed by atoms with van der Waals surface area (Å²) in [4.78, 5) is 27.4. The van der Waals surface area contributed by atoms with Crippen molar-refractivity contribution in [1.29, 1.82) is 0 Å². The van der Waals surface area contributed by atoms with Crippen molar-refractivity contribution in [2.45, 2.75) is 52.6 Å². The van der Waals surface area contributed by atoms with Gasteiger partial charge in [-0.3, -0.25) is 13.9 Å². The van der Waals surface area contributed by atoms with Gasteiger partial charge in [0.1, 0.15) is 11.9 Å². The number of hydrogen-bond acceptors (Lipinski definition) is 4. The van der Waals surface area contributed by atoms with Crippen molar-refractivity contribution in [3.63, 3.8) is 0 Å². The molecule has 0 aliphatic carbocycles. The van der Waals surface area contributed by atoms with E-state index >= 15 is 0 Å². The van der Waals surface area contributed by atoms with E-state index in [0.29, 0.717) is 6.54 Å². The van der Waals surface area contributed by atoms with Crippen LogP contribution in [0.5, 0.6) is 0 Å². The number of hydrogen-bond donors (Lipinski definition) is 1. The Morgan fingerprint density at radius 1 is 1.09 bits per heavy atom. The molecule has 0 aromatic heterocycles. The van der Waals surface area contributed by atoms with Gasteiger partial charge in [-0.1, -0.05) is 43.3 Å². The summed E-state index contributed by atoms with van der Waals surface area (Å²) in [6, 6.07) is 12.6. The first-order chi connectivity index (χ1) is 16.1. The van der Waals surface area contributed by atoms with Crippen LogP contribution in [0.1, 0.15) is 44.2 Å². The van der Waals surface area contributed by atoms with E-state index in [2.05, 4.69) is 5.32 Å². The SMILES string of the molecule is CCCNC(=O)[C@H](C)N(Cc1ccccc1C)C(=O)CCCN(c1ccccc1F)S(C)(=O)=O. The molecule has 0 aliphatic rings. The molecule has 34 heavy (non-hydrogen) atoms. The molecule has 0 unspecified atom stereocenters. The number of benzene rings is 2. The van der Waals surface area contributed by atoms with Crippen molar-refractivity contribution in [1.82, 2.24) is 10.2 Å². The molecule has 1 atom stereocenters. The number of amides is 2. The summed E-state index contributed by atoms with van der Waals surface area (Å²) in [5, 5.41) is 2.83. The first-order valence-corrected chi connectivity index (χ1v) is 13.2. The normalized spacial score (nSPS) is 12.1. The zero-order valence-electron chi connectivity index (χ0n) is 20.3. The van der Waals surface area contributed by atoms with E-state index in [-0.39, 0.29) is 43.4 Å². The van der Waals surface area contributed by atoms with Gasteiger partial charge in [0, 0.05) is 26.1 Å². The molecule has 2 amide bonds. The molecule has 0 heterocycles. The van der Waals surface area contributed by atoms with E-state index in [0.717, 1.165) is 28.1 Å². The van der Waals surface area contributed by atoms with Gasteiger partial charge in [-0.05, 0) is 49.9 Å². The maximum Gasteiger partial charge on any atom is 0.242 e. The number of carbonyl (C=O) groups is 2. The van der Waals surface area contributed by atoms with E-state index in [1.54, 1.807) is 13.0 Å². The highest BCUT2D eigenvalue weighted by atomic mass is 32.2. The minimum absolute atomic E-state index is 0.0117. The zero-order chi connectivity index (χ0) is 25.3. The Hall–Kier alpha value is -2.94. The van der Waals surface area contributed by atoms with Crippen molar-refractivity contribution in [3.05, 3.63) is 65.5 Å². The third kappa shape index (κ3) is 7.55. The molecule has 2 aromatic carbocycles. The maximum atomic E-state index is 14.2. The Kier molecular flexibility index (Phi) is 10.0. The third-order valence-corrected chi connectivity index (χ3v) is 6.77. The molecule has 186 valence electrons. The molecule has 2 rings (SSSR count). The lowest BCUT2D eigenvalue weighted by atomic mass is 10.1. The van der Waals surface area contributed by atoms with E-state index in [9.17, 15) is 22.4 Å². The average molecular weight is 492 g/mol. The summed E-state index contributed by atoms with van der Waals surface area (Å²) in [6.45, 7) is 6.29. The number of nitrogens with one attached hydrogen (secondary N) is 1. The molecule has 2 aromatic rings. The van der Waals surface area contributed by atoms with Crippen LogP contribution in [0.15, 0.2) is 48.5 Å². The van der Waals surface area contributed by atoms with Crippen LogP contribution in [0.2, 0.25) is 0 Å². The van der Waals surface area contributed by atoms with Gasteiger partial charge in [0.2, 0.25) is 21.8 Å². The number of carbonyl (C=O) groups excluding carboxylic acids is 2. The summed E-state index contributed by atoms with van der Waals surface area (Å²) < 4.78 is 39.8. The van der Waals surface area contributed by atoms with Gasteiger partial charge in [-0.15, -0.1) is 0 Å². The van der Waals surface area contributed by atoms with E-state index in [4.69, 9.17) is 0 Å². The number of anilines is 1. The van der Waals surface area contributed by atoms with Crippen LogP contribution in [-0.2, 0) is 26.2 Å². The average Bonchev–Trinajstić information content (AvgIpc) is 2.79. The van der Waals surface area contributed by atoms with Crippen molar-refractivity contribution in [2.75, 3.05) is 23.7 Å². The molecule has 1 N–H and O–H groups in total. The number of nitrogens with zero attached hydrogens (tertiary/aromatic N) is 2. The molecule has 7 nitrogen and oxygen atoms in total. The predicted molar refractivity (Wildman–Crippen MR) is 132 cm³/mol. The number of rotatable bonds is 12. The molecule has 0 bridgehead atoms. The second-order valence-corrected chi connectivity index (χ2v) is 10.2. The van der Waals surface area contributed by atoms with Crippen LogP contribution >= 0.6 is 0 Å². The third-order valence-electron chi connectivity index (χ3n) is 5.59. The lowest BCUT2D eigenvalue weighted by molar-refractivity contribution is -0.140. The van der Waals surface area contributed by atoms with Crippen molar-refractivity contribution in [2.24, 2.45) is 0 Å². The lowest BCUT2D eigenvalue weighted by Gasteiger charge is -2.30. The van der Waals surface area contributed by atoms with E-state index in [1.807, 2.05) is 38.1 Å². The predicted octanol–water partition coefficient (Wildman–Crippen LogP) is 3.62. The molecule has 0 fully saturated rings. The molecular formula is C25H34FN3O4S. The Labute approximate surface area is 202 Å². The Morgan fingerprint density at radius 2 is 1.74 bits per heavy atom. The van der Waals surface area contributed by atoms with Gasteiger partial charge in [0.25, 0.3) is 0 Å². The quantitative estimate of drug-likeness (QED) is 0.491. The fourth-order valence-electron chi connectivity index (χ4n) is 3.59. The van der Waals surface area contributed by atoms with Crippen LogP contribution in [-0.4, -0.2) is 50.5 Å². The Morgan fingerprint density at radius 3 is 2.35 bits per heavy atom. The van der Waals surface area contributed by atoms with Crippen LogP contribution in [0.4, 0.5) is 10.1 Å². The topological polar surface area (TPSA) is 86.8 Å². The Bertz CT molecular complexity index is 1090. The summed E-state index contributed by atoms with van der Waals surface area (Å²) in [7, 11) is -3.75. The molecule has 0 saturated heterocycles. The largest absolute Gasteiger partial charge is 0.354 e. The van der Waals surface area contributed by atoms with Gasteiger partial charge >= 0.3 is 0 Å². The van der Waals surface area contributed by atoms with Crippen LogP contribution < -0.4 is 9.62 Å². The fourth-order valence-corrected chi connectivity index (χ4v) is 4.55. The highest BCUT2D eigenvalue weighted by molar-refractivity contribution is 7.92. The van der Waals surface area contributed by atoms with Crippen LogP contribution in [0, 0.1) is 12.7 Å². The molecule has 0 aliphatic heterocycles. The first kappa shape index (κ1) is 27.3. The van der Waals surface area contributed by atoms with Gasteiger partial charge in [-0.25, -0.2) is 12.8 Å². The summed E-state index contributed by atoms with van der Waals surface area (Å²) in [5.41, 5.74) is 1.88. The highest BCUT2D eigenvalue weighted by Gasteiger charge is 2.27. The summed E-state index contributed by atoms with van der Waals surface area (Å²) >= 11 is 0. The van der Waals surface area contributed by atoms with Crippen molar-refractivity contribution in [3.8, 4) is 0 Å². The molecule has 0 spiro atoms. The molecule has 0 radical (unpaired) electrons. The van der Waals surface area contributed by atoms with E-state index < -0.39 is 21.9 Å². The summed E-state index contributed by atoms with van der Waals surface area (Å²) in [5.74, 6) is -1.17. The standard InChI is InChI=1S/C25H34FN3O4S/c1-5-16-27-25(31)20(3)28(18-21-12-7-6-11-19(21)2)24(30)15-10-17-29(34(4,32)33)23-14-9-8-13-22(23)26/h6-9,11-14,20H,5,10,15-18H2,1-4H3,(H,27,31)/t20-/m0/s1. The van der Waals surface area contributed by atoms with Crippen molar-refractivity contribution >= 4 is 27.5 Å². The van der Waals surface area contributed by atoms with E-state index in [1.165, 1.54) is 23.1 Å². The molecule has 0 saturated carbocycles. The Balaban J connectivity index is 2.17. The maximum absolute atomic E-state index is 14.2. The zero-order valence-corrected chi connectivity index (χ0v) is 21.1.